The second kappa shape index (κ2) is 8.05. The fourth-order valence-corrected chi connectivity index (χ4v) is 1.63. The first-order valence-electron chi connectivity index (χ1n) is 6.66. The van der Waals surface area contributed by atoms with E-state index in [-0.39, 0.29) is 0 Å². The number of hydrogen-bond donors (Lipinski definition) is 0. The van der Waals surface area contributed by atoms with Crippen LogP contribution in [0.4, 0.5) is 0 Å². The SMILES string of the molecule is CCOC(=O)C(CC)Oc1ccc(C#N)cc1OCC. The van der Waals surface area contributed by atoms with Gasteiger partial charge in [0.15, 0.2) is 17.6 Å². The predicted molar refractivity (Wildman–Crippen MR) is 73.7 cm³/mol. The van der Waals surface area contributed by atoms with Crippen molar-refractivity contribution in [3.63, 3.8) is 0 Å². The van der Waals surface area contributed by atoms with E-state index >= 15 is 0 Å². The van der Waals surface area contributed by atoms with E-state index in [1.165, 1.54) is 0 Å². The van der Waals surface area contributed by atoms with Gasteiger partial charge < -0.3 is 14.2 Å². The van der Waals surface area contributed by atoms with E-state index in [1.807, 2.05) is 19.9 Å². The van der Waals surface area contributed by atoms with Crippen molar-refractivity contribution in [2.75, 3.05) is 13.2 Å². The minimum absolute atomic E-state index is 0.310. The van der Waals surface area contributed by atoms with Crippen LogP contribution in [0.5, 0.6) is 11.5 Å². The molecular weight excluding hydrogens is 258 g/mol. The molecule has 5 heteroatoms. The molecule has 0 spiro atoms. The van der Waals surface area contributed by atoms with Gasteiger partial charge in [-0.05, 0) is 32.4 Å². The van der Waals surface area contributed by atoms with Crippen LogP contribution in [0.1, 0.15) is 32.8 Å². The maximum atomic E-state index is 11.7. The van der Waals surface area contributed by atoms with Crippen LogP contribution in [0.2, 0.25) is 0 Å². The van der Waals surface area contributed by atoms with Gasteiger partial charge in [-0.3, -0.25) is 0 Å². The Hall–Kier alpha value is -2.22. The van der Waals surface area contributed by atoms with Gasteiger partial charge in [0, 0.05) is 6.07 Å². The quantitative estimate of drug-likeness (QED) is 0.717. The zero-order valence-corrected chi connectivity index (χ0v) is 12.0. The molecule has 0 saturated carbocycles. The number of nitriles is 1. The van der Waals surface area contributed by atoms with Gasteiger partial charge in [0.1, 0.15) is 0 Å². The van der Waals surface area contributed by atoms with Crippen LogP contribution < -0.4 is 9.47 Å². The van der Waals surface area contributed by atoms with Gasteiger partial charge in [-0.15, -0.1) is 0 Å². The third kappa shape index (κ3) is 4.16. The van der Waals surface area contributed by atoms with Crippen LogP contribution in [0, 0.1) is 11.3 Å². The summed E-state index contributed by atoms with van der Waals surface area (Å²) >= 11 is 0. The average Bonchev–Trinajstić information content (AvgIpc) is 2.46. The largest absolute Gasteiger partial charge is 0.490 e. The zero-order chi connectivity index (χ0) is 15.0. The van der Waals surface area contributed by atoms with Crippen LogP contribution in [0.15, 0.2) is 18.2 Å². The molecule has 0 radical (unpaired) electrons. The Morgan fingerprint density at radius 2 is 2.00 bits per heavy atom. The second-order valence-electron chi connectivity index (χ2n) is 3.97. The topological polar surface area (TPSA) is 68.5 Å². The summed E-state index contributed by atoms with van der Waals surface area (Å²) in [7, 11) is 0. The standard InChI is InChI=1S/C15H19NO4/c1-4-12(15(17)19-6-3)20-13-8-7-11(10-16)9-14(13)18-5-2/h7-9,12H,4-6H2,1-3H3. The first kappa shape index (κ1) is 15.8. The summed E-state index contributed by atoms with van der Waals surface area (Å²) < 4.78 is 16.0. The summed E-state index contributed by atoms with van der Waals surface area (Å²) in [5, 5.41) is 8.89. The van der Waals surface area contributed by atoms with Gasteiger partial charge in [-0.1, -0.05) is 6.92 Å². The normalized spacial score (nSPS) is 11.3. The highest BCUT2D eigenvalue weighted by Crippen LogP contribution is 2.29. The number of ether oxygens (including phenoxy) is 3. The molecule has 20 heavy (non-hydrogen) atoms. The van der Waals surface area contributed by atoms with Crippen molar-refractivity contribution in [2.24, 2.45) is 0 Å². The molecule has 1 unspecified atom stereocenters. The minimum Gasteiger partial charge on any atom is -0.490 e. The van der Waals surface area contributed by atoms with Gasteiger partial charge >= 0.3 is 5.97 Å². The molecule has 0 aliphatic heterocycles. The lowest BCUT2D eigenvalue weighted by atomic mass is 10.2. The first-order valence-corrected chi connectivity index (χ1v) is 6.66. The molecular formula is C15H19NO4. The maximum absolute atomic E-state index is 11.7. The number of carbonyl (C=O) groups is 1. The van der Waals surface area contributed by atoms with E-state index in [4.69, 9.17) is 19.5 Å². The second-order valence-corrected chi connectivity index (χ2v) is 3.97. The summed E-state index contributed by atoms with van der Waals surface area (Å²) in [4.78, 5) is 11.7. The van der Waals surface area contributed by atoms with E-state index in [2.05, 4.69) is 0 Å². The molecule has 1 atom stereocenters. The molecule has 1 aromatic rings. The van der Waals surface area contributed by atoms with E-state index in [0.29, 0.717) is 36.7 Å². The van der Waals surface area contributed by atoms with E-state index in [0.717, 1.165) is 0 Å². The average molecular weight is 277 g/mol. The number of rotatable bonds is 7. The van der Waals surface area contributed by atoms with E-state index in [9.17, 15) is 4.79 Å². The van der Waals surface area contributed by atoms with Gasteiger partial charge in [-0.25, -0.2) is 4.79 Å². The number of carbonyl (C=O) groups excluding carboxylic acids is 1. The number of hydrogen-bond acceptors (Lipinski definition) is 5. The van der Waals surface area contributed by atoms with Crippen LogP contribution in [-0.4, -0.2) is 25.3 Å². The highest BCUT2D eigenvalue weighted by Gasteiger charge is 2.21. The Kier molecular flexibility index (Phi) is 6.38. The summed E-state index contributed by atoms with van der Waals surface area (Å²) in [5.74, 6) is 0.488. The molecule has 0 aromatic heterocycles. The molecule has 0 aliphatic rings. The lowest BCUT2D eigenvalue weighted by molar-refractivity contribution is -0.151. The Balaban J connectivity index is 2.94. The third-order valence-corrected chi connectivity index (χ3v) is 2.56. The van der Waals surface area contributed by atoms with Crippen LogP contribution in [0.25, 0.3) is 0 Å². The minimum atomic E-state index is -0.679. The molecule has 0 fully saturated rings. The zero-order valence-electron chi connectivity index (χ0n) is 12.0. The number of benzene rings is 1. The van der Waals surface area contributed by atoms with Crippen molar-refractivity contribution < 1.29 is 19.0 Å². The molecule has 5 nitrogen and oxygen atoms in total. The molecule has 0 saturated heterocycles. The Morgan fingerprint density at radius 1 is 1.25 bits per heavy atom. The van der Waals surface area contributed by atoms with Crippen molar-refractivity contribution in [1.29, 1.82) is 5.26 Å². The third-order valence-electron chi connectivity index (χ3n) is 2.56. The fourth-order valence-electron chi connectivity index (χ4n) is 1.63. The van der Waals surface area contributed by atoms with Gasteiger partial charge in [0.05, 0.1) is 24.8 Å². The molecule has 0 N–H and O–H groups in total. The highest BCUT2D eigenvalue weighted by molar-refractivity contribution is 5.75. The molecule has 0 amide bonds. The summed E-state index contributed by atoms with van der Waals surface area (Å²) in [6.07, 6.45) is -0.188. The molecule has 1 aromatic carbocycles. The van der Waals surface area contributed by atoms with Crippen molar-refractivity contribution in [3.05, 3.63) is 23.8 Å². The van der Waals surface area contributed by atoms with Gasteiger partial charge in [0.25, 0.3) is 0 Å². The number of nitrogens with zero attached hydrogens (tertiary/aromatic N) is 1. The Labute approximate surface area is 119 Å². The highest BCUT2D eigenvalue weighted by atomic mass is 16.6. The summed E-state index contributed by atoms with van der Waals surface area (Å²) in [6.45, 7) is 6.18. The van der Waals surface area contributed by atoms with E-state index in [1.54, 1.807) is 25.1 Å². The fraction of sp³-hybridized carbons (Fsp3) is 0.467. The van der Waals surface area contributed by atoms with E-state index < -0.39 is 12.1 Å². The summed E-state index contributed by atoms with van der Waals surface area (Å²) in [5.41, 5.74) is 0.477. The number of esters is 1. The monoisotopic (exact) mass is 277 g/mol. The Morgan fingerprint density at radius 3 is 2.55 bits per heavy atom. The predicted octanol–water partition coefficient (Wildman–Crippen LogP) is 2.68. The maximum Gasteiger partial charge on any atom is 0.347 e. The van der Waals surface area contributed by atoms with Gasteiger partial charge in [-0.2, -0.15) is 5.26 Å². The Bertz CT molecular complexity index is 493. The van der Waals surface area contributed by atoms with Crippen LogP contribution >= 0.6 is 0 Å². The van der Waals surface area contributed by atoms with Crippen LogP contribution in [-0.2, 0) is 9.53 Å². The van der Waals surface area contributed by atoms with Crippen molar-refractivity contribution in [1.82, 2.24) is 0 Å². The van der Waals surface area contributed by atoms with Crippen molar-refractivity contribution >= 4 is 5.97 Å². The lowest BCUT2D eigenvalue weighted by Crippen LogP contribution is -2.28. The van der Waals surface area contributed by atoms with Crippen molar-refractivity contribution in [2.45, 2.75) is 33.3 Å². The molecule has 0 heterocycles. The first-order chi connectivity index (χ1) is 9.65. The summed E-state index contributed by atoms with van der Waals surface area (Å²) in [6, 6.07) is 6.88. The van der Waals surface area contributed by atoms with Gasteiger partial charge in [0.2, 0.25) is 0 Å². The molecule has 0 aliphatic carbocycles. The van der Waals surface area contributed by atoms with Crippen molar-refractivity contribution in [3.8, 4) is 17.6 Å². The smallest absolute Gasteiger partial charge is 0.347 e. The molecule has 1 rings (SSSR count). The molecule has 0 bridgehead atoms. The molecule has 108 valence electrons. The lowest BCUT2D eigenvalue weighted by Gasteiger charge is -2.18. The van der Waals surface area contributed by atoms with Crippen LogP contribution in [0.3, 0.4) is 0 Å².